The van der Waals surface area contributed by atoms with E-state index in [0.29, 0.717) is 0 Å². The minimum Gasteiger partial charge on any atom is -0.496 e. The Morgan fingerprint density at radius 1 is 1.14 bits per heavy atom. The summed E-state index contributed by atoms with van der Waals surface area (Å²) in [6.07, 6.45) is 2.37. The van der Waals surface area contributed by atoms with Gasteiger partial charge in [-0.05, 0) is 41.9 Å². The van der Waals surface area contributed by atoms with E-state index in [9.17, 15) is 0 Å². The van der Waals surface area contributed by atoms with Crippen LogP contribution in [-0.2, 0) is 12.8 Å². The molecule has 0 saturated carbocycles. The van der Waals surface area contributed by atoms with Crippen molar-refractivity contribution in [3.05, 3.63) is 29.3 Å². The summed E-state index contributed by atoms with van der Waals surface area (Å²) in [6, 6.07) is 6.40. The normalized spacial score (nSPS) is 25.6. The minimum atomic E-state index is 0.777. The molecule has 0 aliphatic heterocycles. The van der Waals surface area contributed by atoms with Crippen LogP contribution in [0.4, 0.5) is 0 Å². The van der Waals surface area contributed by atoms with Crippen molar-refractivity contribution in [3.8, 4) is 5.75 Å². The highest BCUT2D eigenvalue weighted by molar-refractivity contribution is 5.42. The predicted molar refractivity (Wildman–Crippen MR) is 58.7 cm³/mol. The third-order valence-corrected chi connectivity index (χ3v) is 3.49. The van der Waals surface area contributed by atoms with E-state index in [2.05, 4.69) is 32.0 Å². The lowest BCUT2D eigenvalue weighted by molar-refractivity contribution is 0.345. The van der Waals surface area contributed by atoms with Crippen molar-refractivity contribution >= 4 is 0 Å². The van der Waals surface area contributed by atoms with Gasteiger partial charge in [0.25, 0.3) is 0 Å². The molecular weight excluding hydrogens is 172 g/mol. The molecule has 0 fully saturated rings. The van der Waals surface area contributed by atoms with E-state index >= 15 is 0 Å². The van der Waals surface area contributed by atoms with Crippen molar-refractivity contribution in [1.82, 2.24) is 0 Å². The number of fused-ring (bicyclic) bond motifs is 1. The van der Waals surface area contributed by atoms with Crippen LogP contribution in [0.25, 0.3) is 0 Å². The van der Waals surface area contributed by atoms with E-state index < -0.39 is 0 Å². The van der Waals surface area contributed by atoms with Crippen LogP contribution in [0.3, 0.4) is 0 Å². The fraction of sp³-hybridized carbons (Fsp3) is 0.538. The Labute approximate surface area is 86.1 Å². The van der Waals surface area contributed by atoms with Crippen LogP contribution >= 0.6 is 0 Å². The lowest BCUT2D eigenvalue weighted by atomic mass is 9.77. The Morgan fingerprint density at radius 3 is 2.57 bits per heavy atom. The molecule has 14 heavy (non-hydrogen) atoms. The average molecular weight is 190 g/mol. The molecule has 76 valence electrons. The van der Waals surface area contributed by atoms with Crippen molar-refractivity contribution in [1.29, 1.82) is 0 Å². The first kappa shape index (κ1) is 9.57. The SMILES string of the molecule is COc1cccc2c1CC(C)C(C)C2. The van der Waals surface area contributed by atoms with Crippen LogP contribution in [-0.4, -0.2) is 7.11 Å². The highest BCUT2D eigenvalue weighted by Gasteiger charge is 2.23. The first-order valence-corrected chi connectivity index (χ1v) is 5.37. The Balaban J connectivity index is 2.41. The first-order chi connectivity index (χ1) is 6.72. The van der Waals surface area contributed by atoms with Gasteiger partial charge in [0.05, 0.1) is 7.11 Å². The van der Waals surface area contributed by atoms with E-state index in [-0.39, 0.29) is 0 Å². The second-order valence-corrected chi connectivity index (χ2v) is 4.46. The first-order valence-electron chi connectivity index (χ1n) is 5.37. The van der Waals surface area contributed by atoms with Gasteiger partial charge in [0, 0.05) is 0 Å². The molecule has 2 unspecified atom stereocenters. The van der Waals surface area contributed by atoms with Gasteiger partial charge in [-0.25, -0.2) is 0 Å². The molecule has 0 amide bonds. The van der Waals surface area contributed by atoms with Gasteiger partial charge in [-0.15, -0.1) is 0 Å². The van der Waals surface area contributed by atoms with Gasteiger partial charge < -0.3 is 4.74 Å². The smallest absolute Gasteiger partial charge is 0.122 e. The van der Waals surface area contributed by atoms with Crippen molar-refractivity contribution < 1.29 is 4.74 Å². The molecule has 1 aromatic rings. The molecule has 0 spiro atoms. The monoisotopic (exact) mass is 190 g/mol. The largest absolute Gasteiger partial charge is 0.496 e. The number of ether oxygens (including phenoxy) is 1. The molecule has 1 nitrogen and oxygen atoms in total. The van der Waals surface area contributed by atoms with Gasteiger partial charge in [-0.3, -0.25) is 0 Å². The molecule has 0 saturated heterocycles. The quantitative estimate of drug-likeness (QED) is 0.661. The number of methoxy groups -OCH3 is 1. The van der Waals surface area contributed by atoms with E-state index in [0.717, 1.165) is 17.6 Å². The Kier molecular flexibility index (Phi) is 2.49. The molecule has 0 radical (unpaired) electrons. The summed E-state index contributed by atoms with van der Waals surface area (Å²) in [5.41, 5.74) is 2.91. The zero-order valence-corrected chi connectivity index (χ0v) is 9.21. The van der Waals surface area contributed by atoms with Crippen LogP contribution < -0.4 is 4.74 Å². The van der Waals surface area contributed by atoms with E-state index in [1.165, 1.54) is 24.0 Å². The zero-order chi connectivity index (χ0) is 10.1. The van der Waals surface area contributed by atoms with Crippen molar-refractivity contribution in [2.24, 2.45) is 11.8 Å². The molecular formula is C13H18O. The molecule has 0 bridgehead atoms. The number of hydrogen-bond donors (Lipinski definition) is 0. The van der Waals surface area contributed by atoms with Crippen LogP contribution in [0, 0.1) is 11.8 Å². The Bertz CT molecular complexity index is 330. The number of benzene rings is 1. The highest BCUT2D eigenvalue weighted by Crippen LogP contribution is 2.34. The molecule has 0 heterocycles. The van der Waals surface area contributed by atoms with E-state index in [1.807, 2.05) is 0 Å². The van der Waals surface area contributed by atoms with Gasteiger partial charge in [0.1, 0.15) is 5.75 Å². The number of hydrogen-bond acceptors (Lipinski definition) is 1. The van der Waals surface area contributed by atoms with E-state index in [1.54, 1.807) is 7.11 Å². The third-order valence-electron chi connectivity index (χ3n) is 3.49. The van der Waals surface area contributed by atoms with Gasteiger partial charge in [-0.1, -0.05) is 26.0 Å². The lowest BCUT2D eigenvalue weighted by Crippen LogP contribution is -2.21. The minimum absolute atomic E-state index is 0.777. The topological polar surface area (TPSA) is 9.23 Å². The van der Waals surface area contributed by atoms with Crippen molar-refractivity contribution in [3.63, 3.8) is 0 Å². The molecule has 1 aromatic carbocycles. The molecule has 2 rings (SSSR count). The number of rotatable bonds is 1. The zero-order valence-electron chi connectivity index (χ0n) is 9.21. The fourth-order valence-corrected chi connectivity index (χ4v) is 2.30. The van der Waals surface area contributed by atoms with Gasteiger partial charge >= 0.3 is 0 Å². The second kappa shape index (κ2) is 3.64. The summed E-state index contributed by atoms with van der Waals surface area (Å²) < 4.78 is 5.40. The third kappa shape index (κ3) is 1.52. The van der Waals surface area contributed by atoms with Crippen molar-refractivity contribution in [2.75, 3.05) is 7.11 Å². The summed E-state index contributed by atoms with van der Waals surface area (Å²) in [5, 5.41) is 0. The van der Waals surface area contributed by atoms with Gasteiger partial charge in [0.15, 0.2) is 0 Å². The highest BCUT2D eigenvalue weighted by atomic mass is 16.5. The second-order valence-electron chi connectivity index (χ2n) is 4.46. The molecule has 0 aromatic heterocycles. The molecule has 0 N–H and O–H groups in total. The fourth-order valence-electron chi connectivity index (χ4n) is 2.30. The molecule has 1 aliphatic carbocycles. The van der Waals surface area contributed by atoms with Crippen LogP contribution in [0.5, 0.6) is 5.75 Å². The predicted octanol–water partition coefficient (Wildman–Crippen LogP) is 3.07. The van der Waals surface area contributed by atoms with Crippen LogP contribution in [0.1, 0.15) is 25.0 Å². The van der Waals surface area contributed by atoms with Gasteiger partial charge in [0.2, 0.25) is 0 Å². The maximum Gasteiger partial charge on any atom is 0.122 e. The maximum atomic E-state index is 5.40. The Morgan fingerprint density at radius 2 is 1.86 bits per heavy atom. The van der Waals surface area contributed by atoms with E-state index in [4.69, 9.17) is 4.74 Å². The molecule has 1 aliphatic rings. The summed E-state index contributed by atoms with van der Waals surface area (Å²) in [7, 11) is 1.76. The Hall–Kier alpha value is -0.980. The summed E-state index contributed by atoms with van der Waals surface area (Å²) in [5.74, 6) is 2.65. The average Bonchev–Trinajstić information content (AvgIpc) is 2.19. The summed E-state index contributed by atoms with van der Waals surface area (Å²) >= 11 is 0. The summed E-state index contributed by atoms with van der Waals surface area (Å²) in [6.45, 7) is 4.67. The standard InChI is InChI=1S/C13H18O/c1-9-7-11-5-4-6-13(14-3)12(11)8-10(9)2/h4-6,9-10H,7-8H2,1-3H3. The lowest BCUT2D eigenvalue weighted by Gasteiger charge is -2.29. The van der Waals surface area contributed by atoms with Gasteiger partial charge in [-0.2, -0.15) is 0 Å². The maximum absolute atomic E-state index is 5.40. The van der Waals surface area contributed by atoms with Crippen molar-refractivity contribution in [2.45, 2.75) is 26.7 Å². The molecule has 1 heteroatoms. The van der Waals surface area contributed by atoms with Crippen LogP contribution in [0.15, 0.2) is 18.2 Å². The van der Waals surface area contributed by atoms with Crippen LogP contribution in [0.2, 0.25) is 0 Å². The molecule has 2 atom stereocenters. The summed E-state index contributed by atoms with van der Waals surface area (Å²) in [4.78, 5) is 0.